The molecule has 0 aliphatic carbocycles. The molecular weight excluding hydrogens is 384 g/mol. The molecule has 162 valence electrons. The molecule has 1 N–H and O–H groups in total. The fourth-order valence-corrected chi connectivity index (χ4v) is 2.71. The number of rotatable bonds is 8. The lowest BCUT2D eigenvalue weighted by Crippen LogP contribution is -2.41. The predicted octanol–water partition coefficient (Wildman–Crippen LogP) is 3.76. The Morgan fingerprint density at radius 3 is 1.63 bits per heavy atom. The third kappa shape index (κ3) is 7.66. The number of nitrogens with one attached hydrogen (secondary N) is 1. The SMILES string of the molecule is COc1ccc(CN(Cc2ccc(OC)cc2)C(=O)CNC(=O)OC(C)(C)C)cc1. The largest absolute Gasteiger partial charge is 0.497 e. The maximum Gasteiger partial charge on any atom is 0.408 e. The van der Waals surface area contributed by atoms with E-state index in [1.807, 2.05) is 48.5 Å². The molecule has 2 amide bonds. The maximum absolute atomic E-state index is 12.9. The number of carbonyl (C=O) groups is 2. The molecule has 0 radical (unpaired) electrons. The molecule has 0 heterocycles. The van der Waals surface area contributed by atoms with Crippen molar-refractivity contribution in [2.75, 3.05) is 20.8 Å². The molecule has 0 spiro atoms. The van der Waals surface area contributed by atoms with E-state index in [2.05, 4.69) is 5.32 Å². The first-order chi connectivity index (χ1) is 14.2. The monoisotopic (exact) mass is 414 g/mol. The zero-order valence-corrected chi connectivity index (χ0v) is 18.2. The Hall–Kier alpha value is -3.22. The summed E-state index contributed by atoms with van der Waals surface area (Å²) in [6.07, 6.45) is -0.621. The van der Waals surface area contributed by atoms with Crippen LogP contribution in [0.1, 0.15) is 31.9 Å². The first kappa shape index (κ1) is 23.1. The first-order valence-electron chi connectivity index (χ1n) is 9.70. The molecule has 30 heavy (non-hydrogen) atoms. The Balaban J connectivity index is 2.09. The van der Waals surface area contributed by atoms with Gasteiger partial charge in [-0.1, -0.05) is 24.3 Å². The molecule has 0 bridgehead atoms. The number of ether oxygens (including phenoxy) is 3. The smallest absolute Gasteiger partial charge is 0.408 e. The van der Waals surface area contributed by atoms with E-state index in [9.17, 15) is 9.59 Å². The van der Waals surface area contributed by atoms with Gasteiger partial charge in [-0.25, -0.2) is 4.79 Å². The number of nitrogens with zero attached hydrogens (tertiary/aromatic N) is 1. The zero-order chi connectivity index (χ0) is 22.1. The number of hydrogen-bond acceptors (Lipinski definition) is 5. The van der Waals surface area contributed by atoms with E-state index in [0.717, 1.165) is 22.6 Å². The molecule has 7 heteroatoms. The van der Waals surface area contributed by atoms with Gasteiger partial charge in [-0.15, -0.1) is 0 Å². The Morgan fingerprint density at radius 1 is 0.833 bits per heavy atom. The third-order valence-corrected chi connectivity index (χ3v) is 4.20. The van der Waals surface area contributed by atoms with Crippen molar-refractivity contribution < 1.29 is 23.8 Å². The minimum absolute atomic E-state index is 0.152. The summed E-state index contributed by atoms with van der Waals surface area (Å²) in [5.41, 5.74) is 1.28. The number of benzene rings is 2. The number of methoxy groups -OCH3 is 2. The Labute approximate surface area is 177 Å². The van der Waals surface area contributed by atoms with Crippen molar-refractivity contribution >= 4 is 12.0 Å². The first-order valence-corrected chi connectivity index (χ1v) is 9.70. The molecule has 2 rings (SSSR count). The summed E-state index contributed by atoms with van der Waals surface area (Å²) in [5, 5.41) is 2.54. The fourth-order valence-electron chi connectivity index (χ4n) is 2.71. The normalized spacial score (nSPS) is 10.8. The van der Waals surface area contributed by atoms with Gasteiger partial charge in [0.05, 0.1) is 14.2 Å². The highest BCUT2D eigenvalue weighted by Crippen LogP contribution is 2.17. The van der Waals surface area contributed by atoms with Gasteiger partial charge in [0.1, 0.15) is 23.6 Å². The standard InChI is InChI=1S/C23H30N2O5/c1-23(2,3)30-22(27)24-14-21(26)25(15-17-6-10-19(28-4)11-7-17)16-18-8-12-20(29-5)13-9-18/h6-13H,14-16H2,1-5H3,(H,24,27). The van der Waals surface area contributed by atoms with E-state index >= 15 is 0 Å². The number of carbonyl (C=O) groups excluding carboxylic acids is 2. The lowest BCUT2D eigenvalue weighted by Gasteiger charge is -2.24. The summed E-state index contributed by atoms with van der Waals surface area (Å²) in [7, 11) is 3.22. The van der Waals surface area contributed by atoms with Gasteiger partial charge in [0.25, 0.3) is 0 Å². The lowest BCUT2D eigenvalue weighted by atomic mass is 10.1. The summed E-state index contributed by atoms with van der Waals surface area (Å²) < 4.78 is 15.6. The van der Waals surface area contributed by atoms with Crippen molar-refractivity contribution in [2.45, 2.75) is 39.5 Å². The summed E-state index contributed by atoms with van der Waals surface area (Å²) in [5.74, 6) is 1.28. The van der Waals surface area contributed by atoms with Crippen LogP contribution < -0.4 is 14.8 Å². The Bertz CT molecular complexity index is 777. The van der Waals surface area contributed by atoms with Gasteiger partial charge in [0.15, 0.2) is 0 Å². The van der Waals surface area contributed by atoms with E-state index in [1.54, 1.807) is 39.9 Å². The van der Waals surface area contributed by atoms with Gasteiger partial charge >= 0.3 is 6.09 Å². The van der Waals surface area contributed by atoms with Gasteiger partial charge in [-0.2, -0.15) is 0 Å². The molecule has 0 aromatic heterocycles. The van der Waals surface area contributed by atoms with Crippen molar-refractivity contribution in [1.29, 1.82) is 0 Å². The second-order valence-corrected chi connectivity index (χ2v) is 7.80. The van der Waals surface area contributed by atoms with E-state index in [4.69, 9.17) is 14.2 Å². The Morgan fingerprint density at radius 2 is 1.27 bits per heavy atom. The summed E-state index contributed by atoms with van der Waals surface area (Å²) >= 11 is 0. The molecule has 0 aliphatic rings. The topological polar surface area (TPSA) is 77.1 Å². The highest BCUT2D eigenvalue weighted by molar-refractivity contribution is 5.82. The minimum atomic E-state index is -0.626. The predicted molar refractivity (Wildman–Crippen MR) is 114 cm³/mol. The minimum Gasteiger partial charge on any atom is -0.497 e. The van der Waals surface area contributed by atoms with E-state index in [-0.39, 0.29) is 12.5 Å². The van der Waals surface area contributed by atoms with Crippen LogP contribution in [0.4, 0.5) is 4.79 Å². The van der Waals surface area contributed by atoms with Gasteiger partial charge in [-0.3, -0.25) is 4.79 Å². The summed E-state index contributed by atoms with van der Waals surface area (Å²) in [6, 6.07) is 15.1. The van der Waals surface area contributed by atoms with Crippen LogP contribution >= 0.6 is 0 Å². The number of hydrogen-bond donors (Lipinski definition) is 1. The number of amides is 2. The van der Waals surface area contributed by atoms with Crippen LogP contribution in [0.3, 0.4) is 0 Å². The quantitative estimate of drug-likeness (QED) is 0.712. The molecule has 2 aromatic rings. The van der Waals surface area contributed by atoms with Crippen LogP contribution in [0, 0.1) is 0 Å². The molecular formula is C23H30N2O5. The molecule has 0 aliphatic heterocycles. The highest BCUT2D eigenvalue weighted by Gasteiger charge is 2.19. The van der Waals surface area contributed by atoms with E-state index in [0.29, 0.717) is 13.1 Å². The van der Waals surface area contributed by atoms with Crippen molar-refractivity contribution in [3.8, 4) is 11.5 Å². The second-order valence-electron chi connectivity index (χ2n) is 7.80. The van der Waals surface area contributed by atoms with Crippen LogP contribution in [0.2, 0.25) is 0 Å². The molecule has 2 aromatic carbocycles. The summed E-state index contributed by atoms with van der Waals surface area (Å²) in [4.78, 5) is 26.5. The van der Waals surface area contributed by atoms with E-state index in [1.165, 1.54) is 0 Å². The molecule has 7 nitrogen and oxygen atoms in total. The second kappa shape index (κ2) is 10.5. The molecule has 0 saturated heterocycles. The molecule has 0 saturated carbocycles. The average molecular weight is 415 g/mol. The Kier molecular flexibility index (Phi) is 8.09. The summed E-state index contributed by atoms with van der Waals surface area (Å²) in [6.45, 7) is 5.95. The zero-order valence-electron chi connectivity index (χ0n) is 18.2. The number of alkyl carbamates (subject to hydrolysis) is 1. The van der Waals surface area contributed by atoms with Gasteiger partial charge in [0.2, 0.25) is 5.91 Å². The van der Waals surface area contributed by atoms with Crippen LogP contribution in [0.5, 0.6) is 11.5 Å². The highest BCUT2D eigenvalue weighted by atomic mass is 16.6. The van der Waals surface area contributed by atoms with Crippen molar-refractivity contribution in [2.24, 2.45) is 0 Å². The van der Waals surface area contributed by atoms with E-state index < -0.39 is 11.7 Å². The van der Waals surface area contributed by atoms with Gasteiger partial charge in [-0.05, 0) is 56.2 Å². The fraction of sp³-hybridized carbons (Fsp3) is 0.391. The van der Waals surface area contributed by atoms with Crippen LogP contribution in [0.25, 0.3) is 0 Å². The molecule has 0 atom stereocenters. The van der Waals surface area contributed by atoms with Crippen molar-refractivity contribution in [1.82, 2.24) is 10.2 Å². The average Bonchev–Trinajstić information content (AvgIpc) is 2.71. The lowest BCUT2D eigenvalue weighted by molar-refractivity contribution is -0.131. The van der Waals surface area contributed by atoms with Crippen LogP contribution in [0.15, 0.2) is 48.5 Å². The van der Waals surface area contributed by atoms with Gasteiger partial charge in [0, 0.05) is 13.1 Å². The molecule has 0 fully saturated rings. The van der Waals surface area contributed by atoms with Gasteiger partial charge < -0.3 is 24.4 Å². The van der Waals surface area contributed by atoms with Crippen molar-refractivity contribution in [3.05, 3.63) is 59.7 Å². The third-order valence-electron chi connectivity index (χ3n) is 4.20. The van der Waals surface area contributed by atoms with Crippen LogP contribution in [-0.4, -0.2) is 43.3 Å². The molecule has 0 unspecified atom stereocenters. The maximum atomic E-state index is 12.9. The van der Waals surface area contributed by atoms with Crippen LogP contribution in [-0.2, 0) is 22.6 Å². The van der Waals surface area contributed by atoms with Crippen molar-refractivity contribution in [3.63, 3.8) is 0 Å².